The van der Waals surface area contributed by atoms with Crippen molar-refractivity contribution >= 4 is 17.8 Å². The first kappa shape index (κ1) is 17.4. The van der Waals surface area contributed by atoms with E-state index in [9.17, 15) is 14.4 Å². The van der Waals surface area contributed by atoms with E-state index in [1.54, 1.807) is 6.92 Å². The standard InChI is InChI=1S/C13H23N3O5/c1-10(15-6-4-14-5-7-15)13(19)16(8-11(17)20-2)9-12(18)21-3/h10,14H,4-9H2,1-3H3. The molecule has 1 saturated heterocycles. The Labute approximate surface area is 124 Å². The first-order valence-electron chi connectivity index (χ1n) is 6.86. The summed E-state index contributed by atoms with van der Waals surface area (Å²) in [4.78, 5) is 38.5. The number of nitrogens with one attached hydrogen (secondary N) is 1. The maximum atomic E-state index is 12.5. The largest absolute Gasteiger partial charge is 0.468 e. The smallest absolute Gasteiger partial charge is 0.325 e. The van der Waals surface area contributed by atoms with Gasteiger partial charge in [0, 0.05) is 26.2 Å². The van der Waals surface area contributed by atoms with E-state index >= 15 is 0 Å². The molecule has 120 valence electrons. The number of ether oxygens (including phenoxy) is 2. The van der Waals surface area contributed by atoms with Gasteiger partial charge in [0.1, 0.15) is 13.1 Å². The SMILES string of the molecule is COC(=O)CN(CC(=O)OC)C(=O)C(C)N1CCNCC1. The highest BCUT2D eigenvalue weighted by molar-refractivity contribution is 5.88. The molecule has 1 atom stereocenters. The highest BCUT2D eigenvalue weighted by atomic mass is 16.5. The first-order chi connectivity index (χ1) is 9.99. The molecule has 1 fully saturated rings. The van der Waals surface area contributed by atoms with Gasteiger partial charge in [0.05, 0.1) is 20.3 Å². The second kappa shape index (κ2) is 8.58. The molecule has 8 nitrogen and oxygen atoms in total. The maximum absolute atomic E-state index is 12.5. The summed E-state index contributed by atoms with van der Waals surface area (Å²) in [5, 5.41) is 3.21. The van der Waals surface area contributed by atoms with Crippen molar-refractivity contribution < 1.29 is 23.9 Å². The minimum absolute atomic E-state index is 0.263. The van der Waals surface area contributed by atoms with Gasteiger partial charge in [-0.3, -0.25) is 19.3 Å². The van der Waals surface area contributed by atoms with Crippen molar-refractivity contribution in [2.45, 2.75) is 13.0 Å². The normalized spacial score (nSPS) is 16.9. The van der Waals surface area contributed by atoms with Crippen LogP contribution < -0.4 is 5.32 Å². The lowest BCUT2D eigenvalue weighted by molar-refractivity contribution is -0.154. The van der Waals surface area contributed by atoms with Crippen LogP contribution in [0, 0.1) is 0 Å². The van der Waals surface area contributed by atoms with Crippen LogP contribution in [0.1, 0.15) is 6.92 Å². The summed E-state index contributed by atoms with van der Waals surface area (Å²) >= 11 is 0. The van der Waals surface area contributed by atoms with E-state index in [0.29, 0.717) is 0 Å². The van der Waals surface area contributed by atoms with E-state index < -0.39 is 18.0 Å². The third-order valence-electron chi connectivity index (χ3n) is 3.46. The summed E-state index contributed by atoms with van der Waals surface area (Å²) in [7, 11) is 2.48. The van der Waals surface area contributed by atoms with Crippen molar-refractivity contribution in [2.24, 2.45) is 0 Å². The fourth-order valence-corrected chi connectivity index (χ4v) is 2.14. The molecule has 8 heteroatoms. The van der Waals surface area contributed by atoms with Gasteiger partial charge in [0.2, 0.25) is 5.91 Å². The van der Waals surface area contributed by atoms with Crippen LogP contribution in [0.25, 0.3) is 0 Å². The Bertz CT molecular complexity index is 364. The molecule has 0 saturated carbocycles. The fraction of sp³-hybridized carbons (Fsp3) is 0.769. The Morgan fingerprint density at radius 2 is 1.57 bits per heavy atom. The lowest BCUT2D eigenvalue weighted by atomic mass is 10.2. The summed E-state index contributed by atoms with van der Waals surface area (Å²) < 4.78 is 9.13. The average molecular weight is 301 g/mol. The van der Waals surface area contributed by atoms with E-state index in [4.69, 9.17) is 0 Å². The molecule has 0 aromatic heterocycles. The van der Waals surface area contributed by atoms with Crippen LogP contribution in [-0.4, -0.2) is 87.2 Å². The molecule has 0 aromatic carbocycles. The number of amides is 1. The lowest BCUT2D eigenvalue weighted by Crippen LogP contribution is -2.55. The molecular formula is C13H23N3O5. The number of esters is 2. The molecular weight excluding hydrogens is 278 g/mol. The zero-order valence-corrected chi connectivity index (χ0v) is 12.8. The van der Waals surface area contributed by atoms with Gasteiger partial charge < -0.3 is 19.7 Å². The summed E-state index contributed by atoms with van der Waals surface area (Å²) in [5.74, 6) is -1.42. The molecule has 0 spiro atoms. The minimum Gasteiger partial charge on any atom is -0.468 e. The van der Waals surface area contributed by atoms with Crippen molar-refractivity contribution in [1.29, 1.82) is 0 Å². The third kappa shape index (κ3) is 5.31. The average Bonchev–Trinajstić information content (AvgIpc) is 2.53. The Kier molecular flexibility index (Phi) is 7.10. The number of rotatable bonds is 6. The van der Waals surface area contributed by atoms with Crippen molar-refractivity contribution in [3.05, 3.63) is 0 Å². The van der Waals surface area contributed by atoms with Crippen LogP contribution in [0.5, 0.6) is 0 Å². The predicted octanol–water partition coefficient (Wildman–Crippen LogP) is -1.55. The number of carbonyl (C=O) groups is 3. The zero-order valence-electron chi connectivity index (χ0n) is 12.8. The number of hydrogen-bond donors (Lipinski definition) is 1. The van der Waals surface area contributed by atoms with E-state index in [1.807, 2.05) is 4.90 Å². The summed E-state index contributed by atoms with van der Waals surface area (Å²) in [6.45, 7) is 4.36. The van der Waals surface area contributed by atoms with E-state index in [-0.39, 0.29) is 19.0 Å². The fourth-order valence-electron chi connectivity index (χ4n) is 2.14. The molecule has 1 N–H and O–H groups in total. The first-order valence-corrected chi connectivity index (χ1v) is 6.86. The molecule has 0 aliphatic carbocycles. The maximum Gasteiger partial charge on any atom is 0.325 e. The van der Waals surface area contributed by atoms with Crippen LogP contribution >= 0.6 is 0 Å². The van der Waals surface area contributed by atoms with Gasteiger partial charge in [-0.1, -0.05) is 0 Å². The molecule has 1 rings (SSSR count). The molecule has 1 aliphatic rings. The summed E-state index contributed by atoms with van der Waals surface area (Å²) in [6.07, 6.45) is 0. The van der Waals surface area contributed by atoms with Crippen LogP contribution in [0.4, 0.5) is 0 Å². The van der Waals surface area contributed by atoms with Crippen LogP contribution in [0.2, 0.25) is 0 Å². The summed E-state index contributed by atoms with van der Waals surface area (Å²) in [5.41, 5.74) is 0. The monoisotopic (exact) mass is 301 g/mol. The number of methoxy groups -OCH3 is 2. The number of carbonyl (C=O) groups excluding carboxylic acids is 3. The van der Waals surface area contributed by atoms with Crippen molar-refractivity contribution in [3.8, 4) is 0 Å². The number of hydrogen-bond acceptors (Lipinski definition) is 7. The van der Waals surface area contributed by atoms with E-state index in [1.165, 1.54) is 19.1 Å². The highest BCUT2D eigenvalue weighted by Crippen LogP contribution is 2.06. The van der Waals surface area contributed by atoms with Gasteiger partial charge in [-0.15, -0.1) is 0 Å². The number of piperazine rings is 1. The Morgan fingerprint density at radius 1 is 1.10 bits per heavy atom. The highest BCUT2D eigenvalue weighted by Gasteiger charge is 2.29. The zero-order chi connectivity index (χ0) is 15.8. The minimum atomic E-state index is -0.570. The molecule has 1 amide bonds. The Hall–Kier alpha value is -1.67. The number of nitrogens with zero attached hydrogens (tertiary/aromatic N) is 2. The van der Waals surface area contributed by atoms with Gasteiger partial charge in [-0.05, 0) is 6.92 Å². The van der Waals surface area contributed by atoms with Gasteiger partial charge in [-0.2, -0.15) is 0 Å². The van der Waals surface area contributed by atoms with Crippen LogP contribution in [-0.2, 0) is 23.9 Å². The van der Waals surface area contributed by atoms with Crippen molar-refractivity contribution in [2.75, 3.05) is 53.5 Å². The molecule has 0 bridgehead atoms. The second-order valence-corrected chi connectivity index (χ2v) is 4.81. The molecule has 0 aromatic rings. The molecule has 1 unspecified atom stereocenters. The molecule has 0 radical (unpaired) electrons. The lowest BCUT2D eigenvalue weighted by Gasteiger charge is -2.34. The predicted molar refractivity (Wildman–Crippen MR) is 74.5 cm³/mol. The molecule has 1 aliphatic heterocycles. The van der Waals surface area contributed by atoms with Crippen LogP contribution in [0.3, 0.4) is 0 Å². The third-order valence-corrected chi connectivity index (χ3v) is 3.46. The Morgan fingerprint density at radius 3 is 2.00 bits per heavy atom. The van der Waals surface area contributed by atoms with E-state index in [0.717, 1.165) is 26.2 Å². The topological polar surface area (TPSA) is 88.2 Å². The van der Waals surface area contributed by atoms with E-state index in [2.05, 4.69) is 14.8 Å². The summed E-state index contributed by atoms with van der Waals surface area (Å²) in [6, 6.07) is -0.401. The molecule has 1 heterocycles. The van der Waals surface area contributed by atoms with Crippen LogP contribution in [0.15, 0.2) is 0 Å². The quantitative estimate of drug-likeness (QED) is 0.594. The Balaban J connectivity index is 2.71. The van der Waals surface area contributed by atoms with Crippen molar-refractivity contribution in [3.63, 3.8) is 0 Å². The van der Waals surface area contributed by atoms with Gasteiger partial charge in [-0.25, -0.2) is 0 Å². The van der Waals surface area contributed by atoms with Crippen molar-refractivity contribution in [1.82, 2.24) is 15.1 Å². The van der Waals surface area contributed by atoms with Gasteiger partial charge in [0.15, 0.2) is 0 Å². The second-order valence-electron chi connectivity index (χ2n) is 4.81. The molecule has 21 heavy (non-hydrogen) atoms. The van der Waals surface area contributed by atoms with Gasteiger partial charge >= 0.3 is 11.9 Å². The van der Waals surface area contributed by atoms with Gasteiger partial charge in [0.25, 0.3) is 0 Å².